The average Bonchev–Trinajstić information content (AvgIpc) is 3.19. The molecule has 0 saturated carbocycles. The number of benzene rings is 6. The Morgan fingerprint density at radius 2 is 0.806 bits per heavy atom. The second-order valence-corrected chi connectivity index (χ2v) is 17.8. The summed E-state index contributed by atoms with van der Waals surface area (Å²) in [5.41, 5.74) is -0.00592. The Bertz CT molecular complexity index is 2420. The molecular weight excluding hydrogens is 847 g/mol. The summed E-state index contributed by atoms with van der Waals surface area (Å²) in [5, 5.41) is -1.63. The summed E-state index contributed by atoms with van der Waals surface area (Å²) in [6.07, 6.45) is -21.5. The summed E-state index contributed by atoms with van der Waals surface area (Å²) in [6, 6.07) is 33.7. The molecule has 62 heavy (non-hydrogen) atoms. The van der Waals surface area contributed by atoms with Crippen molar-refractivity contribution in [3.63, 3.8) is 0 Å². The average molecular weight is 885 g/mol. The molecule has 0 unspecified atom stereocenters. The molecule has 6 rings (SSSR count). The number of halogens is 12. The van der Waals surface area contributed by atoms with E-state index in [1.807, 2.05) is 84.9 Å². The first-order valence-corrected chi connectivity index (χ1v) is 20.3. The van der Waals surface area contributed by atoms with Gasteiger partial charge in [0.2, 0.25) is 0 Å². The molecule has 0 radical (unpaired) electrons. The van der Waals surface area contributed by atoms with Gasteiger partial charge in [-0.05, 0) is 106 Å². The van der Waals surface area contributed by atoms with Crippen LogP contribution in [0.15, 0.2) is 151 Å². The molecule has 0 saturated heterocycles. The Kier molecular flexibility index (Phi) is 12.8. The van der Waals surface area contributed by atoms with E-state index in [9.17, 15) is 52.7 Å². The first-order chi connectivity index (χ1) is 28.8. The van der Waals surface area contributed by atoms with Crippen molar-refractivity contribution in [2.24, 2.45) is 5.41 Å². The molecule has 13 heteroatoms. The van der Waals surface area contributed by atoms with E-state index in [0.717, 1.165) is 22.3 Å². The molecule has 0 aliphatic heterocycles. The minimum atomic E-state index is -5.37. The molecule has 0 heterocycles. The van der Waals surface area contributed by atoms with Gasteiger partial charge in [0, 0.05) is 11.5 Å². The van der Waals surface area contributed by atoms with Gasteiger partial charge in [0.15, 0.2) is 0 Å². The fourth-order valence-electron chi connectivity index (χ4n) is 7.29. The minimum Gasteiger partial charge on any atom is -0.166 e. The molecule has 6 aromatic carbocycles. The van der Waals surface area contributed by atoms with Crippen LogP contribution in [-0.2, 0) is 24.7 Å². The zero-order chi connectivity index (χ0) is 45.4. The Morgan fingerprint density at radius 1 is 0.452 bits per heavy atom. The number of hydrogen-bond acceptors (Lipinski definition) is 0. The van der Waals surface area contributed by atoms with E-state index in [1.54, 1.807) is 27.7 Å². The fourth-order valence-corrected chi connectivity index (χ4v) is 9.88. The monoisotopic (exact) mass is 884 g/mol. The summed E-state index contributed by atoms with van der Waals surface area (Å²) in [6.45, 7) is 7.07. The van der Waals surface area contributed by atoms with Gasteiger partial charge in [0.05, 0.1) is 22.3 Å². The summed E-state index contributed by atoms with van der Waals surface area (Å²) in [4.78, 5) is 0. The maximum absolute atomic E-state index is 14.3. The molecule has 0 aromatic heterocycles. The van der Waals surface area contributed by atoms with Crippen LogP contribution in [0.1, 0.15) is 83.7 Å². The lowest BCUT2D eigenvalue weighted by Gasteiger charge is -2.29. The maximum Gasteiger partial charge on any atom is 0.416 e. The van der Waals surface area contributed by atoms with E-state index in [2.05, 4.69) is 5.73 Å². The molecule has 322 valence electrons. The number of rotatable bonds is 8. The van der Waals surface area contributed by atoms with Crippen molar-refractivity contribution in [2.45, 2.75) is 58.3 Å². The van der Waals surface area contributed by atoms with Gasteiger partial charge in [-0.1, -0.05) is 130 Å². The molecule has 0 fully saturated rings. The van der Waals surface area contributed by atoms with E-state index >= 15 is 0 Å². The van der Waals surface area contributed by atoms with Crippen molar-refractivity contribution in [3.8, 4) is 0 Å². The first-order valence-electron chi connectivity index (χ1n) is 19.0. The molecule has 0 atom stereocenters. The van der Waals surface area contributed by atoms with Gasteiger partial charge in [-0.3, -0.25) is 0 Å². The highest BCUT2D eigenvalue weighted by Gasteiger charge is 2.41. The Hall–Kier alpha value is -5.57. The van der Waals surface area contributed by atoms with Crippen molar-refractivity contribution in [1.29, 1.82) is 0 Å². The third-order valence-electron chi connectivity index (χ3n) is 10.1. The predicted molar refractivity (Wildman–Crippen MR) is 221 cm³/mol. The zero-order valence-corrected chi connectivity index (χ0v) is 34.3. The van der Waals surface area contributed by atoms with Gasteiger partial charge in [-0.15, -0.1) is 5.73 Å². The van der Waals surface area contributed by atoms with E-state index in [-0.39, 0.29) is 28.9 Å². The molecule has 0 aliphatic rings. The summed E-state index contributed by atoms with van der Waals surface area (Å²) in [7, 11) is -3.03. The van der Waals surface area contributed by atoms with Crippen molar-refractivity contribution in [3.05, 3.63) is 201 Å². The van der Waals surface area contributed by atoms with Gasteiger partial charge < -0.3 is 0 Å². The summed E-state index contributed by atoms with van der Waals surface area (Å²) in [5.74, 6) is -0.281. The highest BCUT2D eigenvalue weighted by molar-refractivity contribution is 7.80. The van der Waals surface area contributed by atoms with E-state index < -0.39 is 70.9 Å². The van der Waals surface area contributed by atoms with Gasteiger partial charge in [-0.2, -0.15) is 52.7 Å². The van der Waals surface area contributed by atoms with Crippen LogP contribution >= 0.6 is 7.92 Å². The lowest BCUT2D eigenvalue weighted by Crippen LogP contribution is -2.28. The van der Waals surface area contributed by atoms with E-state index in [1.165, 1.54) is 24.3 Å². The van der Waals surface area contributed by atoms with Crippen LogP contribution in [0.25, 0.3) is 11.1 Å². The fraction of sp³-hybridized carbons (Fsp3) is 0.204. The van der Waals surface area contributed by atoms with Crippen molar-refractivity contribution < 1.29 is 52.7 Å². The largest absolute Gasteiger partial charge is 0.416 e. The Balaban J connectivity index is 1.71. The van der Waals surface area contributed by atoms with Crippen LogP contribution in [-0.4, -0.2) is 0 Å². The molecule has 0 nitrogen and oxygen atoms in total. The highest BCUT2D eigenvalue weighted by atomic mass is 31.1. The Morgan fingerprint density at radius 3 is 1.19 bits per heavy atom. The quantitative estimate of drug-likeness (QED) is 0.0618. The molecule has 6 aromatic rings. The normalized spacial score (nSPS) is 12.7. The van der Waals surface area contributed by atoms with Crippen LogP contribution in [0.2, 0.25) is 0 Å². The topological polar surface area (TPSA) is 0 Å². The summed E-state index contributed by atoms with van der Waals surface area (Å²) < 4.78 is 172. The number of hydrogen-bond donors (Lipinski definition) is 0. The van der Waals surface area contributed by atoms with Gasteiger partial charge in [-0.25, -0.2) is 0 Å². The van der Waals surface area contributed by atoms with Crippen LogP contribution in [0.4, 0.5) is 52.7 Å². The first kappa shape index (κ1) is 45.9. The van der Waals surface area contributed by atoms with E-state index in [4.69, 9.17) is 0 Å². The van der Waals surface area contributed by atoms with E-state index in [0.29, 0.717) is 35.4 Å². The van der Waals surface area contributed by atoms with Gasteiger partial charge >= 0.3 is 24.7 Å². The molecule has 0 aliphatic carbocycles. The molecule has 0 bridgehead atoms. The van der Waals surface area contributed by atoms with Gasteiger partial charge in [0.25, 0.3) is 0 Å². The smallest absolute Gasteiger partial charge is 0.166 e. The highest BCUT2D eigenvalue weighted by Crippen LogP contribution is 2.46. The van der Waals surface area contributed by atoms with Crippen molar-refractivity contribution in [2.75, 3.05) is 0 Å². The molecule has 0 N–H and O–H groups in total. The minimum absolute atomic E-state index is 0.0904. The number of alkyl halides is 12. The predicted octanol–water partition coefficient (Wildman–Crippen LogP) is 14.8. The summed E-state index contributed by atoms with van der Waals surface area (Å²) >= 11 is 0. The van der Waals surface area contributed by atoms with Crippen LogP contribution < -0.4 is 15.9 Å². The lowest BCUT2D eigenvalue weighted by molar-refractivity contribution is -0.144. The number of allylic oxidation sites excluding steroid dienone is 1. The van der Waals surface area contributed by atoms with Gasteiger partial charge in [0.1, 0.15) is 0 Å². The second kappa shape index (κ2) is 17.3. The van der Waals surface area contributed by atoms with Crippen molar-refractivity contribution >= 4 is 35.0 Å². The Labute approximate surface area is 352 Å². The molecule has 0 spiro atoms. The third-order valence-corrected chi connectivity index (χ3v) is 12.5. The zero-order valence-electron chi connectivity index (χ0n) is 33.4. The van der Waals surface area contributed by atoms with Crippen LogP contribution in [0, 0.1) is 5.41 Å². The van der Waals surface area contributed by atoms with Crippen molar-refractivity contribution in [1.82, 2.24) is 0 Å². The maximum atomic E-state index is 14.3. The van der Waals surface area contributed by atoms with Crippen LogP contribution in [0.3, 0.4) is 0 Å². The molecule has 0 amide bonds. The lowest BCUT2D eigenvalue weighted by atomic mass is 9.80. The second-order valence-electron chi connectivity index (χ2n) is 15.6. The standard InChI is InChI=1S/C49H37F12P/c1-30(39-19-11-12-20-40(39)44(31-15-7-5-8-16-31)32-17-9-6-10-18-32)23-42(45(2,3)4)41-21-13-14-22-43(41)62(37-26-33(46(50,51)52)24-34(27-37)47(53,54)55)38-28-35(48(56,57)58)25-36(29-38)49(59,60)61/h5-22,24-29,44H,1-4H3. The molecular formula is C49H37F12P. The third kappa shape index (κ3) is 10.4. The van der Waals surface area contributed by atoms with Crippen LogP contribution in [0.5, 0.6) is 0 Å². The SMILES string of the molecule is CC(=C=C(c1ccccc1P(c1cc(C(F)(F)F)cc(C(F)(F)F)c1)c1cc(C(F)(F)F)cc(C(F)(F)F)c1)C(C)(C)C)c1ccccc1C(c1ccccc1)c1ccccc1.